The molecule has 0 aliphatic heterocycles. The predicted molar refractivity (Wildman–Crippen MR) is 140 cm³/mol. The molecule has 3 aromatic carbocycles. The second kappa shape index (κ2) is 11.6. The van der Waals surface area contributed by atoms with Crippen molar-refractivity contribution in [3.63, 3.8) is 0 Å². The average Bonchev–Trinajstić information content (AvgIpc) is 3.25. The second-order valence-corrected chi connectivity index (χ2v) is 9.04. The van der Waals surface area contributed by atoms with Crippen LogP contribution in [0.5, 0.6) is 11.5 Å². The first-order valence-corrected chi connectivity index (χ1v) is 12.2. The third-order valence-electron chi connectivity index (χ3n) is 5.86. The number of amides is 1. The van der Waals surface area contributed by atoms with Gasteiger partial charge in [-0.2, -0.15) is 0 Å². The first kappa shape index (κ1) is 25.0. The Morgan fingerprint density at radius 1 is 0.944 bits per heavy atom. The zero-order valence-electron chi connectivity index (χ0n) is 21.2. The molecule has 0 bridgehead atoms. The van der Waals surface area contributed by atoms with Gasteiger partial charge in [-0.05, 0) is 69.7 Å². The molecular weight excluding hydrogens is 452 g/mol. The molecule has 0 radical (unpaired) electrons. The zero-order chi connectivity index (χ0) is 25.5. The molecule has 0 aliphatic carbocycles. The van der Waals surface area contributed by atoms with E-state index in [4.69, 9.17) is 13.9 Å². The van der Waals surface area contributed by atoms with E-state index in [0.717, 1.165) is 33.9 Å². The lowest BCUT2D eigenvalue weighted by Gasteiger charge is -2.26. The van der Waals surface area contributed by atoms with Crippen molar-refractivity contribution in [1.82, 2.24) is 9.88 Å². The monoisotopic (exact) mass is 484 g/mol. The highest BCUT2D eigenvalue weighted by Gasteiger charge is 2.20. The summed E-state index contributed by atoms with van der Waals surface area (Å²) in [4.78, 5) is 19.2. The van der Waals surface area contributed by atoms with Crippen LogP contribution in [0.2, 0.25) is 0 Å². The highest BCUT2D eigenvalue weighted by atomic mass is 16.6. The number of rotatable bonds is 9. The third-order valence-corrected chi connectivity index (χ3v) is 5.86. The average molecular weight is 485 g/mol. The van der Waals surface area contributed by atoms with Gasteiger partial charge in [0.1, 0.15) is 17.3 Å². The molecule has 0 saturated heterocycles. The van der Waals surface area contributed by atoms with Crippen molar-refractivity contribution >= 4 is 6.09 Å². The maximum Gasteiger partial charge on any atom is 0.415 e. The van der Waals surface area contributed by atoms with Crippen LogP contribution in [-0.4, -0.2) is 28.6 Å². The molecule has 1 amide bonds. The van der Waals surface area contributed by atoms with Crippen LogP contribution in [0, 0.1) is 13.8 Å². The van der Waals surface area contributed by atoms with Crippen LogP contribution in [0.4, 0.5) is 4.79 Å². The lowest BCUT2D eigenvalue weighted by Crippen LogP contribution is -2.38. The summed E-state index contributed by atoms with van der Waals surface area (Å²) in [6, 6.07) is 25.1. The summed E-state index contributed by atoms with van der Waals surface area (Å²) < 4.78 is 17.5. The van der Waals surface area contributed by atoms with Crippen molar-refractivity contribution in [3.8, 4) is 23.0 Å². The maximum atomic E-state index is 12.9. The summed E-state index contributed by atoms with van der Waals surface area (Å²) in [7, 11) is 0. The first-order chi connectivity index (χ1) is 17.4. The van der Waals surface area contributed by atoms with Gasteiger partial charge in [0.25, 0.3) is 0 Å². The topological polar surface area (TPSA) is 64.8 Å². The Kier molecular flexibility index (Phi) is 8.06. The smallest absolute Gasteiger partial charge is 0.415 e. The first-order valence-electron chi connectivity index (χ1n) is 12.2. The fourth-order valence-electron chi connectivity index (χ4n) is 3.78. The molecule has 0 atom stereocenters. The van der Waals surface area contributed by atoms with E-state index in [9.17, 15) is 4.79 Å². The quantitative estimate of drug-likeness (QED) is 0.256. The molecule has 0 fully saturated rings. The minimum absolute atomic E-state index is 0.0264. The number of aromatic nitrogens is 1. The van der Waals surface area contributed by atoms with E-state index in [2.05, 4.69) is 4.98 Å². The van der Waals surface area contributed by atoms with Crippen LogP contribution >= 0.6 is 0 Å². The minimum Gasteiger partial charge on any atom is -0.493 e. The summed E-state index contributed by atoms with van der Waals surface area (Å²) in [5.74, 6) is 2.70. The molecule has 1 aromatic heterocycles. The van der Waals surface area contributed by atoms with Gasteiger partial charge in [-0.1, -0.05) is 48.0 Å². The minimum atomic E-state index is -0.379. The van der Waals surface area contributed by atoms with Gasteiger partial charge in [0.2, 0.25) is 5.89 Å². The van der Waals surface area contributed by atoms with Crippen molar-refractivity contribution in [2.24, 2.45) is 0 Å². The van der Waals surface area contributed by atoms with Crippen LogP contribution < -0.4 is 9.47 Å². The van der Waals surface area contributed by atoms with Crippen LogP contribution in [0.3, 0.4) is 0 Å². The summed E-state index contributed by atoms with van der Waals surface area (Å²) in [5, 5.41) is 0. The van der Waals surface area contributed by atoms with Crippen LogP contribution in [0.1, 0.15) is 36.4 Å². The van der Waals surface area contributed by atoms with E-state index in [0.29, 0.717) is 31.2 Å². The number of hydrogen-bond donors (Lipinski definition) is 0. The Balaban J connectivity index is 1.35. The maximum absolute atomic E-state index is 12.9. The van der Waals surface area contributed by atoms with Gasteiger partial charge in [0, 0.05) is 24.6 Å². The van der Waals surface area contributed by atoms with Crippen LogP contribution in [0.15, 0.2) is 83.3 Å². The van der Waals surface area contributed by atoms with E-state index in [1.807, 2.05) is 94.4 Å². The summed E-state index contributed by atoms with van der Waals surface area (Å²) in [5.41, 5.74) is 3.92. The van der Waals surface area contributed by atoms with Crippen molar-refractivity contribution in [2.75, 3.05) is 6.61 Å². The van der Waals surface area contributed by atoms with Crippen molar-refractivity contribution in [3.05, 3.63) is 101 Å². The molecule has 1 heterocycles. The molecule has 6 heteroatoms. The number of benzene rings is 3. The van der Waals surface area contributed by atoms with Gasteiger partial charge in [-0.25, -0.2) is 9.78 Å². The molecule has 36 heavy (non-hydrogen) atoms. The molecule has 6 nitrogen and oxygen atoms in total. The molecular formula is C30H32N2O4. The Morgan fingerprint density at radius 3 is 2.42 bits per heavy atom. The Hall–Kier alpha value is -4.06. The number of carbonyl (C=O) groups excluding carboxylic acids is 1. The number of oxazole rings is 1. The molecule has 186 valence electrons. The third kappa shape index (κ3) is 6.54. The fraction of sp³-hybridized carbons (Fsp3) is 0.267. The van der Waals surface area contributed by atoms with Gasteiger partial charge >= 0.3 is 6.09 Å². The van der Waals surface area contributed by atoms with Gasteiger partial charge in [-0.3, -0.25) is 0 Å². The van der Waals surface area contributed by atoms with Crippen molar-refractivity contribution in [1.29, 1.82) is 0 Å². The number of carbonyl (C=O) groups is 1. The Bertz CT molecular complexity index is 1280. The Morgan fingerprint density at radius 2 is 1.69 bits per heavy atom. The molecule has 0 aliphatic rings. The van der Waals surface area contributed by atoms with E-state index < -0.39 is 0 Å². The number of nitrogens with zero attached hydrogens (tertiary/aromatic N) is 2. The zero-order valence-corrected chi connectivity index (χ0v) is 21.2. The molecule has 4 aromatic rings. The van der Waals surface area contributed by atoms with Gasteiger partial charge < -0.3 is 18.8 Å². The normalized spacial score (nSPS) is 10.9. The van der Waals surface area contributed by atoms with Crippen molar-refractivity contribution < 1.29 is 18.7 Å². The van der Waals surface area contributed by atoms with Crippen LogP contribution in [0.25, 0.3) is 11.5 Å². The fourth-order valence-corrected chi connectivity index (χ4v) is 3.78. The van der Waals surface area contributed by atoms with Gasteiger partial charge in [-0.15, -0.1) is 0 Å². The summed E-state index contributed by atoms with van der Waals surface area (Å²) in [6.07, 6.45) is 0.254. The summed E-state index contributed by atoms with van der Waals surface area (Å²) in [6.45, 7) is 8.75. The molecule has 0 unspecified atom stereocenters. The molecule has 0 saturated carbocycles. The number of ether oxygens (including phenoxy) is 2. The van der Waals surface area contributed by atoms with E-state index in [-0.39, 0.29) is 12.1 Å². The molecule has 4 rings (SSSR count). The highest BCUT2D eigenvalue weighted by molar-refractivity contribution is 5.71. The van der Waals surface area contributed by atoms with Crippen molar-refractivity contribution in [2.45, 2.75) is 46.7 Å². The number of aryl methyl sites for hydroxylation is 2. The molecule has 0 N–H and O–H groups in total. The second-order valence-electron chi connectivity index (χ2n) is 9.04. The van der Waals surface area contributed by atoms with E-state index in [1.54, 1.807) is 17.0 Å². The van der Waals surface area contributed by atoms with Crippen LogP contribution in [-0.2, 0) is 13.0 Å². The lowest BCUT2D eigenvalue weighted by molar-refractivity contribution is 0.135. The van der Waals surface area contributed by atoms with Gasteiger partial charge in [0.15, 0.2) is 0 Å². The highest BCUT2D eigenvalue weighted by Crippen LogP contribution is 2.23. The summed E-state index contributed by atoms with van der Waals surface area (Å²) >= 11 is 0. The van der Waals surface area contributed by atoms with E-state index >= 15 is 0 Å². The Labute approximate surface area is 212 Å². The SMILES string of the molecule is Cc1ccc(OC(=O)N(Cc2cccc(OCCc3nc(-c4ccccc4)oc3C)c2)C(C)C)cc1. The van der Waals surface area contributed by atoms with Gasteiger partial charge in [0.05, 0.1) is 12.3 Å². The standard InChI is InChI=1S/C30H32N2O4/c1-21(2)32(30(33)36-26-15-13-22(3)14-16-26)20-24-9-8-12-27(19-24)34-18-17-28-23(4)35-29(31-28)25-10-6-5-7-11-25/h5-16,19,21H,17-18,20H2,1-4H3. The molecule has 0 spiro atoms. The number of hydrogen-bond acceptors (Lipinski definition) is 5. The van der Waals surface area contributed by atoms with E-state index in [1.165, 1.54) is 0 Å². The largest absolute Gasteiger partial charge is 0.493 e. The lowest BCUT2D eigenvalue weighted by atomic mass is 10.2. The predicted octanol–water partition coefficient (Wildman–Crippen LogP) is 6.99.